The number of hydrogen-bond acceptors (Lipinski definition) is 13. The predicted molar refractivity (Wildman–Crippen MR) is 223 cm³/mol. The molecule has 9 aromatic rings. The first-order valence-corrected chi connectivity index (χ1v) is 20.3. The molecule has 3 N–H and O–H groups in total. The molecule has 0 atom stereocenters. The fourth-order valence-corrected chi connectivity index (χ4v) is 8.07. The second-order valence-corrected chi connectivity index (χ2v) is 15.1. The van der Waals surface area contributed by atoms with E-state index in [1.807, 2.05) is 95.0 Å². The standard InChI is InChI=1S/C14H11N3S.C13H10N2S2.C12H9N3S2/c1-2-4-11(5-3-1)13-10-18-14(17-13)16-12-6-8-15-9-7-12;1-2-5-10(6-3-1)11-9-17-13(14-11)15-12-7-4-8-16-12;1-2-4-9(5-3-1)10-8-17-12(14-10)15-11-13-6-7-16-11/h1-10H,(H,15,16,17);1-9H,(H,14,15);1-8H,(H,13,14,15). The van der Waals surface area contributed by atoms with Gasteiger partial charge in [0.05, 0.1) is 22.1 Å². The van der Waals surface area contributed by atoms with E-state index in [1.54, 1.807) is 75.3 Å². The van der Waals surface area contributed by atoms with Crippen molar-refractivity contribution in [2.45, 2.75) is 0 Å². The van der Waals surface area contributed by atoms with Gasteiger partial charge in [-0.05, 0) is 29.6 Å². The first-order chi connectivity index (χ1) is 25.7. The van der Waals surface area contributed by atoms with Crippen LogP contribution in [0, 0.1) is 0 Å². The molecular weight excluding hydrogens is 741 g/mol. The Labute approximate surface area is 321 Å². The minimum absolute atomic E-state index is 0.874. The normalized spacial score (nSPS) is 10.3. The number of anilines is 6. The zero-order chi connectivity index (χ0) is 35.2. The van der Waals surface area contributed by atoms with Crippen LogP contribution in [0.3, 0.4) is 0 Å². The van der Waals surface area contributed by atoms with E-state index in [-0.39, 0.29) is 0 Å². The second kappa shape index (κ2) is 18.1. The highest BCUT2D eigenvalue weighted by molar-refractivity contribution is 7.16. The lowest BCUT2D eigenvalue weighted by Gasteiger charge is -2.00. The number of nitrogens with one attached hydrogen (secondary N) is 3. The van der Waals surface area contributed by atoms with Gasteiger partial charge in [0.1, 0.15) is 0 Å². The topological polar surface area (TPSA) is 101 Å². The molecule has 0 saturated carbocycles. The predicted octanol–water partition coefficient (Wildman–Crippen LogP) is 12.6. The largest absolute Gasteiger partial charge is 0.331 e. The number of nitrogens with zero attached hydrogens (tertiary/aromatic N) is 5. The molecule has 0 bridgehead atoms. The molecule has 0 saturated heterocycles. The number of rotatable bonds is 9. The molecule has 52 heavy (non-hydrogen) atoms. The molecular formula is C39H30N8S5. The lowest BCUT2D eigenvalue weighted by Crippen LogP contribution is -1.89. The van der Waals surface area contributed by atoms with Crippen molar-refractivity contribution in [1.29, 1.82) is 0 Å². The fourth-order valence-electron chi connectivity index (χ4n) is 4.61. The molecule has 0 radical (unpaired) electrons. The third-order valence-electron chi connectivity index (χ3n) is 7.05. The zero-order valence-corrected chi connectivity index (χ0v) is 31.4. The summed E-state index contributed by atoms with van der Waals surface area (Å²) in [5.74, 6) is 0. The summed E-state index contributed by atoms with van der Waals surface area (Å²) in [4.78, 5) is 21.8. The Kier molecular flexibility index (Phi) is 12.1. The maximum Gasteiger partial charge on any atom is 0.189 e. The second-order valence-electron chi connectivity index (χ2n) is 10.6. The lowest BCUT2D eigenvalue weighted by atomic mass is 10.2. The van der Waals surface area contributed by atoms with E-state index in [9.17, 15) is 0 Å². The minimum Gasteiger partial charge on any atom is -0.331 e. The third kappa shape index (κ3) is 10.0. The Morgan fingerprint density at radius 2 is 0.885 bits per heavy atom. The molecule has 6 aromatic heterocycles. The zero-order valence-electron chi connectivity index (χ0n) is 27.4. The van der Waals surface area contributed by atoms with E-state index in [2.05, 4.69) is 88.0 Å². The summed E-state index contributed by atoms with van der Waals surface area (Å²) in [5, 5.41) is 24.6. The van der Waals surface area contributed by atoms with E-state index >= 15 is 0 Å². The smallest absolute Gasteiger partial charge is 0.189 e. The van der Waals surface area contributed by atoms with Gasteiger partial charge in [0.2, 0.25) is 0 Å². The third-order valence-corrected chi connectivity index (χ3v) is 10.8. The number of thiazole rings is 4. The number of thiophene rings is 1. The van der Waals surface area contributed by atoms with Gasteiger partial charge in [0.15, 0.2) is 20.5 Å². The summed E-state index contributed by atoms with van der Waals surface area (Å²) in [6, 6.07) is 38.5. The summed E-state index contributed by atoms with van der Waals surface area (Å²) in [6.07, 6.45) is 5.29. The van der Waals surface area contributed by atoms with Crippen molar-refractivity contribution in [1.82, 2.24) is 24.9 Å². The Morgan fingerprint density at radius 1 is 0.385 bits per heavy atom. The molecule has 0 fully saturated rings. The average Bonchev–Trinajstić information content (AvgIpc) is 4.07. The highest BCUT2D eigenvalue weighted by atomic mass is 32.1. The van der Waals surface area contributed by atoms with Gasteiger partial charge >= 0.3 is 0 Å². The monoisotopic (exact) mass is 770 g/mol. The minimum atomic E-state index is 0.874. The van der Waals surface area contributed by atoms with E-state index in [1.165, 1.54) is 0 Å². The van der Waals surface area contributed by atoms with Crippen molar-refractivity contribution >= 4 is 87.9 Å². The lowest BCUT2D eigenvalue weighted by molar-refractivity contribution is 1.31. The summed E-state index contributed by atoms with van der Waals surface area (Å²) in [7, 11) is 0. The molecule has 9 rings (SSSR count). The molecule has 256 valence electrons. The Bertz CT molecular complexity index is 2210. The maximum absolute atomic E-state index is 4.57. The van der Waals surface area contributed by atoms with Gasteiger partial charge in [0.25, 0.3) is 0 Å². The fraction of sp³-hybridized carbons (Fsp3) is 0. The van der Waals surface area contributed by atoms with Crippen LogP contribution in [0.1, 0.15) is 0 Å². The molecule has 0 unspecified atom stereocenters. The van der Waals surface area contributed by atoms with Gasteiger partial charge in [-0.1, -0.05) is 91.0 Å². The average molecular weight is 771 g/mol. The van der Waals surface area contributed by atoms with Crippen molar-refractivity contribution in [3.8, 4) is 33.8 Å². The summed E-state index contributed by atoms with van der Waals surface area (Å²) in [6.45, 7) is 0. The van der Waals surface area contributed by atoms with Crippen LogP contribution in [0.5, 0.6) is 0 Å². The van der Waals surface area contributed by atoms with Crippen LogP contribution >= 0.6 is 56.7 Å². The Balaban J connectivity index is 0.000000121. The van der Waals surface area contributed by atoms with Crippen molar-refractivity contribution in [2.24, 2.45) is 0 Å². The quantitative estimate of drug-likeness (QED) is 0.133. The highest BCUT2D eigenvalue weighted by Crippen LogP contribution is 2.30. The van der Waals surface area contributed by atoms with Gasteiger partial charge in [-0.25, -0.2) is 19.9 Å². The molecule has 0 aliphatic rings. The number of aromatic nitrogens is 5. The summed E-state index contributed by atoms with van der Waals surface area (Å²) in [5.41, 5.74) is 7.44. The van der Waals surface area contributed by atoms with E-state index in [0.717, 1.165) is 65.0 Å². The Hall–Kier alpha value is -5.57. The van der Waals surface area contributed by atoms with Crippen molar-refractivity contribution in [2.75, 3.05) is 16.0 Å². The molecule has 0 spiro atoms. The van der Waals surface area contributed by atoms with E-state index in [4.69, 9.17) is 0 Å². The van der Waals surface area contributed by atoms with Crippen LogP contribution in [-0.4, -0.2) is 24.9 Å². The first kappa shape index (κ1) is 34.9. The molecule has 8 nitrogen and oxygen atoms in total. The van der Waals surface area contributed by atoms with Gasteiger partial charge < -0.3 is 16.0 Å². The van der Waals surface area contributed by atoms with Crippen LogP contribution in [-0.2, 0) is 0 Å². The Morgan fingerprint density at radius 3 is 1.35 bits per heavy atom. The van der Waals surface area contributed by atoms with Gasteiger partial charge in [-0.15, -0.1) is 56.7 Å². The van der Waals surface area contributed by atoms with Gasteiger partial charge in [-0.3, -0.25) is 4.98 Å². The molecule has 0 amide bonds. The number of hydrogen-bond donors (Lipinski definition) is 3. The van der Waals surface area contributed by atoms with Crippen LogP contribution < -0.4 is 16.0 Å². The van der Waals surface area contributed by atoms with Crippen molar-refractivity contribution < 1.29 is 0 Å². The van der Waals surface area contributed by atoms with E-state index in [0.29, 0.717) is 0 Å². The molecule has 6 heterocycles. The van der Waals surface area contributed by atoms with Crippen LogP contribution in [0.25, 0.3) is 33.8 Å². The SMILES string of the molecule is c1ccc(-c2csc(Nc3cccs3)n2)cc1.c1ccc(-c2csc(Nc3ccncc3)n2)cc1.c1ccc(-c2csc(Nc3nccs3)n2)cc1. The molecule has 3 aromatic carbocycles. The van der Waals surface area contributed by atoms with Crippen molar-refractivity contribution in [3.63, 3.8) is 0 Å². The molecule has 0 aliphatic heterocycles. The molecule has 13 heteroatoms. The maximum atomic E-state index is 4.57. The number of benzene rings is 3. The van der Waals surface area contributed by atoms with Crippen LogP contribution in [0.4, 0.5) is 31.2 Å². The molecule has 0 aliphatic carbocycles. The van der Waals surface area contributed by atoms with Crippen molar-refractivity contribution in [3.05, 3.63) is 161 Å². The highest BCUT2D eigenvalue weighted by Gasteiger charge is 2.07. The van der Waals surface area contributed by atoms with Crippen LogP contribution in [0.2, 0.25) is 0 Å². The number of pyridine rings is 1. The van der Waals surface area contributed by atoms with E-state index < -0.39 is 0 Å². The first-order valence-electron chi connectivity index (χ1n) is 15.9. The van der Waals surface area contributed by atoms with Gasteiger partial charge in [0, 0.05) is 62.5 Å². The van der Waals surface area contributed by atoms with Gasteiger partial charge in [-0.2, -0.15) is 0 Å². The summed E-state index contributed by atoms with van der Waals surface area (Å²) >= 11 is 8.06. The summed E-state index contributed by atoms with van der Waals surface area (Å²) < 4.78 is 0. The van der Waals surface area contributed by atoms with Crippen LogP contribution in [0.15, 0.2) is 161 Å².